The fraction of sp³-hybridized carbons (Fsp3) is 0. The van der Waals surface area contributed by atoms with Gasteiger partial charge < -0.3 is 18.0 Å². The molecule has 0 aliphatic carbocycles. The standard InChI is InChI=1S/2C46H28N4O/c1-3-14-29(15-4-1)37-28-42(48-46(47-37)36-22-13-21-34-32-19-9-12-25-41(32)51-45(34)36)50-39-24-11-8-20-35(39)43-40(50)27-26-33-31-18-7-10-23-38(31)49(44(33)43)30-16-5-2-6-17-30;1-3-13-29(14-4-1)46-47-37(30-23-24-34-33-18-9-12-22-41(33)51-42(34)27-30)28-43(48-46)50-39-21-11-8-19-36(39)44-40(50)26-25-35-32-17-7-10-20-38(32)49(45(35)44)31-15-5-2-6-16-31/h2*1-28H. The number of hydrogen-bond acceptors (Lipinski definition) is 6. The molecule has 0 aliphatic heterocycles. The Morgan fingerprint density at radius 2 is 0.627 bits per heavy atom. The van der Waals surface area contributed by atoms with Crippen LogP contribution in [0.15, 0.2) is 349 Å². The summed E-state index contributed by atoms with van der Waals surface area (Å²) in [6, 6.07) is 119. The molecule has 22 aromatic rings. The highest BCUT2D eigenvalue weighted by Crippen LogP contribution is 2.46. The molecule has 0 fully saturated rings. The minimum atomic E-state index is 0.612. The molecule has 10 heteroatoms. The summed E-state index contributed by atoms with van der Waals surface area (Å²) in [4.78, 5) is 21.0. The van der Waals surface area contributed by atoms with Gasteiger partial charge >= 0.3 is 0 Å². The van der Waals surface area contributed by atoms with Crippen LogP contribution in [0.3, 0.4) is 0 Å². The fourth-order valence-electron chi connectivity index (χ4n) is 15.8. The predicted molar refractivity (Wildman–Crippen MR) is 418 cm³/mol. The fourth-order valence-corrected chi connectivity index (χ4v) is 15.8. The van der Waals surface area contributed by atoms with Crippen LogP contribution in [-0.2, 0) is 0 Å². The molecule has 102 heavy (non-hydrogen) atoms. The molecular formula is C92H56N8O2. The average molecular weight is 1310 g/mol. The zero-order chi connectivity index (χ0) is 66.9. The smallest absolute Gasteiger partial charge is 0.165 e. The van der Waals surface area contributed by atoms with Crippen molar-refractivity contribution in [1.29, 1.82) is 0 Å². The lowest BCUT2D eigenvalue weighted by Crippen LogP contribution is -2.02. The molecule has 14 aromatic carbocycles. The molecule has 0 radical (unpaired) electrons. The Morgan fingerprint density at radius 3 is 1.19 bits per heavy atom. The van der Waals surface area contributed by atoms with Crippen LogP contribution >= 0.6 is 0 Å². The van der Waals surface area contributed by atoms with Gasteiger partial charge in [0.05, 0.1) is 61.1 Å². The highest BCUT2D eigenvalue weighted by molar-refractivity contribution is 6.28. The third-order valence-corrected chi connectivity index (χ3v) is 20.3. The maximum absolute atomic E-state index is 6.50. The van der Waals surface area contributed by atoms with Gasteiger partial charge in [0, 0.05) is 105 Å². The zero-order valence-electron chi connectivity index (χ0n) is 54.7. The van der Waals surface area contributed by atoms with Gasteiger partial charge in [-0.15, -0.1) is 0 Å². The third kappa shape index (κ3) is 8.86. The first-order valence-corrected chi connectivity index (χ1v) is 34.4. The number of para-hydroxylation sites is 9. The van der Waals surface area contributed by atoms with E-state index in [2.05, 4.69) is 297 Å². The second kappa shape index (κ2) is 22.8. The van der Waals surface area contributed by atoms with Gasteiger partial charge in [0.15, 0.2) is 11.6 Å². The van der Waals surface area contributed by atoms with E-state index >= 15 is 0 Å². The first-order chi connectivity index (χ1) is 50.6. The molecule has 0 saturated carbocycles. The summed E-state index contributed by atoms with van der Waals surface area (Å²) >= 11 is 0. The van der Waals surface area contributed by atoms with Gasteiger partial charge in [-0.25, -0.2) is 19.9 Å². The van der Waals surface area contributed by atoms with Gasteiger partial charge in [-0.05, 0) is 91.0 Å². The van der Waals surface area contributed by atoms with Crippen molar-refractivity contribution >= 4 is 131 Å². The molecule has 0 unspecified atom stereocenters. The van der Waals surface area contributed by atoms with Crippen molar-refractivity contribution in [2.75, 3.05) is 0 Å². The third-order valence-electron chi connectivity index (χ3n) is 20.3. The number of nitrogens with zero attached hydrogens (tertiary/aromatic N) is 8. The van der Waals surface area contributed by atoms with Crippen LogP contribution in [0.1, 0.15) is 0 Å². The normalized spacial score (nSPS) is 11.9. The average Bonchev–Trinajstić information content (AvgIpc) is 1.55. The van der Waals surface area contributed by atoms with Crippen molar-refractivity contribution in [3.05, 3.63) is 340 Å². The van der Waals surface area contributed by atoms with E-state index in [0.29, 0.717) is 11.6 Å². The lowest BCUT2D eigenvalue weighted by Gasteiger charge is -2.12. The molecule has 10 nitrogen and oxygen atoms in total. The summed E-state index contributed by atoms with van der Waals surface area (Å²) in [5, 5.41) is 13.9. The van der Waals surface area contributed by atoms with Gasteiger partial charge in [-0.2, -0.15) is 0 Å². The Kier molecular flexibility index (Phi) is 12.8. The van der Waals surface area contributed by atoms with Crippen LogP contribution in [0.2, 0.25) is 0 Å². The molecule has 0 spiro atoms. The maximum atomic E-state index is 6.50. The van der Waals surface area contributed by atoms with E-state index in [4.69, 9.17) is 28.8 Å². The van der Waals surface area contributed by atoms with E-state index < -0.39 is 0 Å². The molecule has 0 amide bonds. The number of furan rings is 2. The summed E-state index contributed by atoms with van der Waals surface area (Å²) in [6.07, 6.45) is 0. The van der Waals surface area contributed by atoms with Gasteiger partial charge in [0.2, 0.25) is 0 Å². The van der Waals surface area contributed by atoms with Gasteiger partial charge in [-0.3, -0.25) is 9.13 Å². The van der Waals surface area contributed by atoms with Crippen LogP contribution in [0.5, 0.6) is 0 Å². The van der Waals surface area contributed by atoms with Crippen LogP contribution in [0.25, 0.3) is 199 Å². The van der Waals surface area contributed by atoms with Crippen molar-refractivity contribution in [2.45, 2.75) is 0 Å². The second-order valence-electron chi connectivity index (χ2n) is 26.0. The molecule has 0 atom stereocenters. The lowest BCUT2D eigenvalue weighted by atomic mass is 10.1. The highest BCUT2D eigenvalue weighted by atomic mass is 16.3. The minimum Gasteiger partial charge on any atom is -0.456 e. The number of hydrogen-bond donors (Lipinski definition) is 0. The van der Waals surface area contributed by atoms with Crippen LogP contribution in [-0.4, -0.2) is 38.2 Å². The largest absolute Gasteiger partial charge is 0.456 e. The Bertz CT molecular complexity index is 7120. The number of aromatic nitrogens is 8. The van der Waals surface area contributed by atoms with E-state index in [-0.39, 0.29) is 0 Å². The molecule has 0 bridgehead atoms. The monoisotopic (exact) mass is 1300 g/mol. The van der Waals surface area contributed by atoms with Gasteiger partial charge in [0.25, 0.3) is 0 Å². The van der Waals surface area contributed by atoms with Crippen molar-refractivity contribution < 1.29 is 8.83 Å². The van der Waals surface area contributed by atoms with Gasteiger partial charge in [-0.1, -0.05) is 237 Å². The quantitative estimate of drug-likeness (QED) is 0.150. The molecule has 476 valence electrons. The predicted octanol–water partition coefficient (Wildman–Crippen LogP) is 23.8. The number of rotatable bonds is 8. The van der Waals surface area contributed by atoms with Gasteiger partial charge in [0.1, 0.15) is 34.0 Å². The van der Waals surface area contributed by atoms with Crippen molar-refractivity contribution in [2.24, 2.45) is 0 Å². The second-order valence-corrected chi connectivity index (χ2v) is 26.0. The molecule has 8 heterocycles. The lowest BCUT2D eigenvalue weighted by molar-refractivity contribution is 0.669. The molecule has 0 N–H and O–H groups in total. The summed E-state index contributed by atoms with van der Waals surface area (Å²) in [5.74, 6) is 2.87. The Hall–Kier alpha value is -14.0. The Balaban J connectivity index is 0.000000133. The SMILES string of the molecule is c1ccc(-c2cc(-n3c4ccccc4c4c3ccc3c5ccccc5n(-c5ccccc5)c34)nc(-c3cccc4c3oc3ccccc34)n2)cc1.c1ccc(-c2nc(-c3ccc4c(c3)oc3ccccc34)cc(-n3c4ccccc4c4c3ccc3c5ccccc5n(-c5ccccc5)c34)n2)cc1. The maximum Gasteiger partial charge on any atom is 0.165 e. The molecular weight excluding hydrogens is 1250 g/mol. The van der Waals surface area contributed by atoms with Crippen LogP contribution in [0, 0.1) is 0 Å². The zero-order valence-corrected chi connectivity index (χ0v) is 54.7. The summed E-state index contributed by atoms with van der Waals surface area (Å²) < 4.78 is 22.2. The molecule has 8 aromatic heterocycles. The summed E-state index contributed by atoms with van der Waals surface area (Å²) in [5.41, 5.74) is 20.1. The molecule has 0 saturated heterocycles. The van der Waals surface area contributed by atoms with E-state index in [1.165, 1.54) is 65.2 Å². The van der Waals surface area contributed by atoms with Crippen molar-refractivity contribution in [3.8, 4) is 68.3 Å². The Labute approximate surface area is 582 Å². The number of fused-ring (bicyclic) bond motifs is 20. The topological polar surface area (TPSA) is 97.6 Å². The van der Waals surface area contributed by atoms with Crippen molar-refractivity contribution in [1.82, 2.24) is 38.2 Å². The van der Waals surface area contributed by atoms with E-state index in [0.717, 1.165) is 123 Å². The first kappa shape index (κ1) is 57.1. The van der Waals surface area contributed by atoms with Crippen LogP contribution in [0.4, 0.5) is 0 Å². The number of benzene rings is 14. The van der Waals surface area contributed by atoms with Crippen molar-refractivity contribution in [3.63, 3.8) is 0 Å². The first-order valence-electron chi connectivity index (χ1n) is 34.4. The summed E-state index contributed by atoms with van der Waals surface area (Å²) in [6.45, 7) is 0. The molecule has 0 aliphatic rings. The summed E-state index contributed by atoms with van der Waals surface area (Å²) in [7, 11) is 0. The van der Waals surface area contributed by atoms with E-state index in [1.807, 2.05) is 60.7 Å². The Morgan fingerprint density at radius 1 is 0.225 bits per heavy atom. The van der Waals surface area contributed by atoms with E-state index in [1.54, 1.807) is 0 Å². The highest BCUT2D eigenvalue weighted by Gasteiger charge is 2.26. The van der Waals surface area contributed by atoms with E-state index in [9.17, 15) is 0 Å². The minimum absolute atomic E-state index is 0.612. The molecule has 22 rings (SSSR count). The van der Waals surface area contributed by atoms with Crippen LogP contribution < -0.4 is 0 Å².